The van der Waals surface area contributed by atoms with Crippen molar-refractivity contribution in [1.82, 2.24) is 25.3 Å². The normalized spacial score (nSPS) is 13.7. The summed E-state index contributed by atoms with van der Waals surface area (Å²) in [5.41, 5.74) is 3.68. The van der Waals surface area contributed by atoms with E-state index in [2.05, 4.69) is 69.2 Å². The van der Waals surface area contributed by atoms with Crippen LogP contribution in [0.4, 0.5) is 0 Å². The van der Waals surface area contributed by atoms with Crippen LogP contribution in [0.2, 0.25) is 0 Å². The van der Waals surface area contributed by atoms with Crippen molar-refractivity contribution >= 4 is 5.96 Å². The maximum atomic E-state index is 4.70. The Morgan fingerprint density at radius 1 is 1.29 bits per heavy atom. The lowest BCUT2D eigenvalue weighted by molar-refractivity contribution is 0.282. The van der Waals surface area contributed by atoms with Crippen LogP contribution in [0, 0.1) is 13.8 Å². The van der Waals surface area contributed by atoms with E-state index in [-0.39, 0.29) is 0 Å². The van der Waals surface area contributed by atoms with Gasteiger partial charge in [0.25, 0.3) is 0 Å². The number of likely N-dealkylation sites (N-methyl/N-ethyl adjacent to an activating group) is 1. The minimum Gasteiger partial charge on any atom is -0.357 e. The Morgan fingerprint density at radius 2 is 1.96 bits per heavy atom. The van der Waals surface area contributed by atoms with E-state index >= 15 is 0 Å². The molecule has 1 atom stereocenters. The summed E-state index contributed by atoms with van der Waals surface area (Å²) in [4.78, 5) is 7.00. The molecule has 0 radical (unpaired) electrons. The fraction of sp³-hybridized carbons (Fsp3) is 0.778. The smallest absolute Gasteiger partial charge is 0.191 e. The third-order valence-electron chi connectivity index (χ3n) is 4.50. The average Bonchev–Trinajstić information content (AvgIpc) is 2.73. The van der Waals surface area contributed by atoms with Crippen LogP contribution in [0.5, 0.6) is 0 Å². The van der Waals surface area contributed by atoms with E-state index in [0.717, 1.165) is 37.7 Å². The Bertz CT molecular complexity index is 532. The molecule has 1 aromatic rings. The SMILES string of the molecule is CCNC(=NCCN(C)C(C)C)NC(C)Cc1c(C)nn(C)c1C. The van der Waals surface area contributed by atoms with Crippen molar-refractivity contribution in [3.8, 4) is 0 Å². The molecule has 6 nitrogen and oxygen atoms in total. The largest absolute Gasteiger partial charge is 0.357 e. The number of guanidine groups is 1. The van der Waals surface area contributed by atoms with Gasteiger partial charge in [-0.25, -0.2) is 0 Å². The summed E-state index contributed by atoms with van der Waals surface area (Å²) in [6.45, 7) is 15.5. The molecule has 0 aliphatic carbocycles. The molecule has 0 amide bonds. The van der Waals surface area contributed by atoms with E-state index < -0.39 is 0 Å². The fourth-order valence-electron chi connectivity index (χ4n) is 2.60. The molecule has 2 N–H and O–H groups in total. The molecule has 6 heteroatoms. The second kappa shape index (κ2) is 9.67. The maximum absolute atomic E-state index is 4.70. The van der Waals surface area contributed by atoms with Crippen molar-refractivity contribution in [3.63, 3.8) is 0 Å². The van der Waals surface area contributed by atoms with Gasteiger partial charge in [0.05, 0.1) is 12.2 Å². The summed E-state index contributed by atoms with van der Waals surface area (Å²) in [7, 11) is 4.14. The number of aromatic nitrogens is 2. The third kappa shape index (κ3) is 6.15. The van der Waals surface area contributed by atoms with Gasteiger partial charge in [-0.05, 0) is 60.6 Å². The molecule has 0 aliphatic rings. The van der Waals surface area contributed by atoms with Crippen molar-refractivity contribution in [2.24, 2.45) is 12.0 Å². The summed E-state index contributed by atoms with van der Waals surface area (Å²) < 4.78 is 1.96. The van der Waals surface area contributed by atoms with E-state index in [1.807, 2.05) is 11.7 Å². The summed E-state index contributed by atoms with van der Waals surface area (Å²) in [5, 5.41) is 11.4. The van der Waals surface area contributed by atoms with Crippen molar-refractivity contribution in [1.29, 1.82) is 0 Å². The first kappa shape index (κ1) is 20.5. The Hall–Kier alpha value is -1.56. The van der Waals surface area contributed by atoms with Gasteiger partial charge >= 0.3 is 0 Å². The number of nitrogens with zero attached hydrogens (tertiary/aromatic N) is 4. The first-order chi connectivity index (χ1) is 11.3. The van der Waals surface area contributed by atoms with Crippen LogP contribution < -0.4 is 10.6 Å². The highest BCUT2D eigenvalue weighted by atomic mass is 15.3. The van der Waals surface area contributed by atoms with Gasteiger partial charge in [0.2, 0.25) is 0 Å². The molecule has 24 heavy (non-hydrogen) atoms. The second-order valence-corrected chi connectivity index (χ2v) is 6.86. The molecule has 0 aromatic carbocycles. The predicted molar refractivity (Wildman–Crippen MR) is 103 cm³/mol. The van der Waals surface area contributed by atoms with E-state index in [9.17, 15) is 0 Å². The zero-order valence-corrected chi connectivity index (χ0v) is 16.8. The lowest BCUT2D eigenvalue weighted by Crippen LogP contribution is -2.43. The minimum absolute atomic E-state index is 0.298. The average molecular weight is 337 g/mol. The summed E-state index contributed by atoms with van der Waals surface area (Å²) in [6, 6.07) is 0.846. The van der Waals surface area contributed by atoms with Gasteiger partial charge < -0.3 is 15.5 Å². The van der Waals surface area contributed by atoms with Gasteiger partial charge in [-0.1, -0.05) is 0 Å². The van der Waals surface area contributed by atoms with Gasteiger partial charge in [-0.3, -0.25) is 9.67 Å². The molecule has 0 saturated heterocycles. The standard InChI is InChI=1S/C18H36N6/c1-9-19-18(20-10-11-23(7)13(2)3)21-14(4)12-17-15(5)22-24(8)16(17)6/h13-14H,9-12H2,1-8H3,(H2,19,20,21). The van der Waals surface area contributed by atoms with Crippen LogP contribution >= 0.6 is 0 Å². The molecule has 138 valence electrons. The Kier molecular flexibility index (Phi) is 8.25. The maximum Gasteiger partial charge on any atom is 0.191 e. The number of rotatable bonds is 8. The van der Waals surface area contributed by atoms with E-state index in [4.69, 9.17) is 4.99 Å². The fourth-order valence-corrected chi connectivity index (χ4v) is 2.60. The van der Waals surface area contributed by atoms with Crippen LogP contribution in [-0.4, -0.2) is 59.4 Å². The molecule has 1 unspecified atom stereocenters. The van der Waals surface area contributed by atoms with Crippen LogP contribution in [0.15, 0.2) is 4.99 Å². The Balaban J connectivity index is 2.63. The van der Waals surface area contributed by atoms with Crippen LogP contribution in [-0.2, 0) is 13.5 Å². The van der Waals surface area contributed by atoms with E-state index in [1.54, 1.807) is 0 Å². The lowest BCUT2D eigenvalue weighted by atomic mass is 10.1. The molecule has 0 bridgehead atoms. The van der Waals surface area contributed by atoms with Gasteiger partial charge in [-0.15, -0.1) is 0 Å². The van der Waals surface area contributed by atoms with Crippen molar-refractivity contribution in [2.75, 3.05) is 26.7 Å². The zero-order valence-electron chi connectivity index (χ0n) is 16.8. The molecule has 0 aliphatic heterocycles. The molecular weight excluding hydrogens is 300 g/mol. The Morgan fingerprint density at radius 3 is 2.46 bits per heavy atom. The number of aliphatic imine (C=N–C) groups is 1. The zero-order chi connectivity index (χ0) is 18.3. The predicted octanol–water partition coefficient (Wildman–Crippen LogP) is 1.86. The van der Waals surface area contributed by atoms with Gasteiger partial charge in [0.1, 0.15) is 0 Å². The molecule has 0 fully saturated rings. The number of hydrogen-bond donors (Lipinski definition) is 2. The first-order valence-corrected chi connectivity index (χ1v) is 9.00. The highest BCUT2D eigenvalue weighted by Gasteiger charge is 2.14. The van der Waals surface area contributed by atoms with Crippen molar-refractivity contribution < 1.29 is 0 Å². The van der Waals surface area contributed by atoms with Gasteiger partial charge in [-0.2, -0.15) is 5.10 Å². The van der Waals surface area contributed by atoms with Crippen molar-refractivity contribution in [2.45, 2.75) is 60.0 Å². The lowest BCUT2D eigenvalue weighted by Gasteiger charge is -2.21. The third-order valence-corrected chi connectivity index (χ3v) is 4.50. The Labute approximate surface area is 147 Å². The highest BCUT2D eigenvalue weighted by molar-refractivity contribution is 5.80. The summed E-state index contributed by atoms with van der Waals surface area (Å²) in [6.07, 6.45) is 0.946. The summed E-state index contributed by atoms with van der Waals surface area (Å²) in [5.74, 6) is 0.890. The van der Waals surface area contributed by atoms with E-state index in [0.29, 0.717) is 12.1 Å². The van der Waals surface area contributed by atoms with Crippen molar-refractivity contribution in [3.05, 3.63) is 17.0 Å². The van der Waals surface area contributed by atoms with Crippen LogP contribution in [0.3, 0.4) is 0 Å². The second-order valence-electron chi connectivity index (χ2n) is 6.86. The molecule has 0 saturated carbocycles. The molecule has 0 spiro atoms. The van der Waals surface area contributed by atoms with E-state index in [1.165, 1.54) is 11.3 Å². The van der Waals surface area contributed by atoms with Crippen LogP contribution in [0.25, 0.3) is 0 Å². The topological polar surface area (TPSA) is 57.5 Å². The summed E-state index contributed by atoms with van der Waals surface area (Å²) >= 11 is 0. The first-order valence-electron chi connectivity index (χ1n) is 9.00. The van der Waals surface area contributed by atoms with Gasteiger partial charge in [0.15, 0.2) is 5.96 Å². The van der Waals surface area contributed by atoms with Crippen LogP contribution in [0.1, 0.15) is 44.6 Å². The molecule has 1 rings (SSSR count). The highest BCUT2D eigenvalue weighted by Crippen LogP contribution is 2.14. The molecule has 1 heterocycles. The molecular formula is C18H36N6. The minimum atomic E-state index is 0.298. The van der Waals surface area contributed by atoms with Gasteiger partial charge in [0, 0.05) is 37.9 Å². The number of nitrogens with one attached hydrogen (secondary N) is 2. The number of hydrogen-bond acceptors (Lipinski definition) is 3. The number of aryl methyl sites for hydroxylation is 2. The molecule has 1 aromatic heterocycles. The monoisotopic (exact) mass is 336 g/mol. The quantitative estimate of drug-likeness (QED) is 0.562.